The first-order chi connectivity index (χ1) is 17.0. The van der Waals surface area contributed by atoms with Crippen LogP contribution in [0.2, 0.25) is 0 Å². The monoisotopic (exact) mass is 479 g/mol. The van der Waals surface area contributed by atoms with E-state index in [1.54, 1.807) is 33.7 Å². The highest BCUT2D eigenvalue weighted by molar-refractivity contribution is 5.93. The van der Waals surface area contributed by atoms with Crippen molar-refractivity contribution < 1.29 is 23.5 Å². The normalized spacial score (nSPS) is 17.7. The molecule has 2 amide bonds. The summed E-state index contributed by atoms with van der Waals surface area (Å²) in [5, 5.41) is 8.36. The van der Waals surface area contributed by atoms with Gasteiger partial charge in [-0.2, -0.15) is 0 Å². The zero-order valence-electron chi connectivity index (χ0n) is 19.4. The Labute approximate surface area is 202 Å². The topological polar surface area (TPSA) is 89.8 Å². The van der Waals surface area contributed by atoms with Gasteiger partial charge in [-0.1, -0.05) is 29.5 Å². The Morgan fingerprint density at radius 3 is 2.40 bits per heavy atom. The van der Waals surface area contributed by atoms with E-state index in [2.05, 4.69) is 10.3 Å². The van der Waals surface area contributed by atoms with Gasteiger partial charge in [0, 0.05) is 26.2 Å². The van der Waals surface area contributed by atoms with E-state index in [4.69, 9.17) is 9.47 Å². The summed E-state index contributed by atoms with van der Waals surface area (Å²) in [7, 11) is 1.62. The SMILES string of the molecule is COc1ccc([C@@H]2Cn3nnc(C(=O)N4CCN(C(=O)Cc5ccc(F)cc5)CC4)c3CO2)cc1. The second kappa shape index (κ2) is 9.83. The molecule has 1 fully saturated rings. The van der Waals surface area contributed by atoms with Crippen molar-refractivity contribution in [2.75, 3.05) is 33.3 Å². The van der Waals surface area contributed by atoms with Crippen molar-refractivity contribution in [3.05, 3.63) is 76.9 Å². The number of aromatic nitrogens is 3. The molecule has 1 atom stereocenters. The number of benzene rings is 2. The molecule has 9 nitrogen and oxygen atoms in total. The average molecular weight is 480 g/mol. The second-order valence-electron chi connectivity index (χ2n) is 8.62. The third-order valence-electron chi connectivity index (χ3n) is 6.48. The van der Waals surface area contributed by atoms with E-state index >= 15 is 0 Å². The number of amides is 2. The van der Waals surface area contributed by atoms with Crippen molar-refractivity contribution in [1.29, 1.82) is 0 Å². The van der Waals surface area contributed by atoms with Gasteiger partial charge in [-0.15, -0.1) is 5.10 Å². The molecular formula is C25H26FN5O4. The molecule has 10 heteroatoms. The van der Waals surface area contributed by atoms with Crippen molar-refractivity contribution in [3.8, 4) is 5.75 Å². The first-order valence-electron chi connectivity index (χ1n) is 11.5. The Kier molecular flexibility index (Phi) is 6.45. The van der Waals surface area contributed by atoms with E-state index in [1.165, 1.54) is 12.1 Å². The highest BCUT2D eigenvalue weighted by Gasteiger charge is 2.32. The average Bonchev–Trinajstić information content (AvgIpc) is 3.33. The van der Waals surface area contributed by atoms with Crippen LogP contribution in [0.15, 0.2) is 48.5 Å². The molecule has 0 spiro atoms. The molecule has 3 heterocycles. The summed E-state index contributed by atoms with van der Waals surface area (Å²) in [4.78, 5) is 29.2. The quantitative estimate of drug-likeness (QED) is 0.558. The fourth-order valence-corrected chi connectivity index (χ4v) is 4.40. The number of hydrogen-bond donors (Lipinski definition) is 0. The van der Waals surface area contributed by atoms with Gasteiger partial charge in [-0.3, -0.25) is 9.59 Å². The van der Waals surface area contributed by atoms with Crippen LogP contribution in [0.1, 0.15) is 33.4 Å². The summed E-state index contributed by atoms with van der Waals surface area (Å²) in [6, 6.07) is 13.6. The summed E-state index contributed by atoms with van der Waals surface area (Å²) < 4.78 is 26.0. The standard InChI is InChI=1S/C25H26FN5O4/c1-34-20-8-4-18(5-9-20)22-15-31-21(16-35-22)24(27-28-31)25(33)30-12-10-29(11-13-30)23(32)14-17-2-6-19(26)7-3-17/h2-9,22H,10-16H2,1H3/t22-/m0/s1. The molecular weight excluding hydrogens is 453 g/mol. The van der Waals surface area contributed by atoms with E-state index in [0.717, 1.165) is 16.9 Å². The molecule has 35 heavy (non-hydrogen) atoms. The van der Waals surface area contributed by atoms with Crippen molar-refractivity contribution in [1.82, 2.24) is 24.8 Å². The van der Waals surface area contributed by atoms with Crippen molar-refractivity contribution in [2.45, 2.75) is 25.7 Å². The molecule has 2 aliphatic heterocycles. The number of nitrogens with zero attached hydrogens (tertiary/aromatic N) is 5. The van der Waals surface area contributed by atoms with Gasteiger partial charge in [0.05, 0.1) is 32.4 Å². The van der Waals surface area contributed by atoms with Gasteiger partial charge in [0.2, 0.25) is 5.91 Å². The smallest absolute Gasteiger partial charge is 0.276 e. The van der Waals surface area contributed by atoms with E-state index in [1.807, 2.05) is 24.3 Å². The van der Waals surface area contributed by atoms with Crippen LogP contribution in [0.25, 0.3) is 0 Å². The van der Waals surface area contributed by atoms with Crippen LogP contribution in [0.4, 0.5) is 4.39 Å². The Morgan fingerprint density at radius 1 is 1.03 bits per heavy atom. The number of halogens is 1. The van der Waals surface area contributed by atoms with E-state index in [0.29, 0.717) is 44.1 Å². The molecule has 3 aromatic rings. The minimum absolute atomic E-state index is 0.0391. The maximum absolute atomic E-state index is 13.2. The predicted molar refractivity (Wildman–Crippen MR) is 123 cm³/mol. The fraction of sp³-hybridized carbons (Fsp3) is 0.360. The molecule has 1 saturated heterocycles. The second-order valence-corrected chi connectivity index (χ2v) is 8.62. The molecule has 0 radical (unpaired) electrons. The lowest BCUT2D eigenvalue weighted by Crippen LogP contribution is -2.51. The minimum Gasteiger partial charge on any atom is -0.497 e. The Balaban J connectivity index is 1.18. The van der Waals surface area contributed by atoms with E-state index in [9.17, 15) is 14.0 Å². The minimum atomic E-state index is -0.328. The van der Waals surface area contributed by atoms with Crippen LogP contribution in [-0.4, -0.2) is 69.9 Å². The number of fused-ring (bicyclic) bond motifs is 1. The number of ether oxygens (including phenoxy) is 2. The fourth-order valence-electron chi connectivity index (χ4n) is 4.40. The number of methoxy groups -OCH3 is 1. The molecule has 2 aromatic carbocycles. The van der Waals surface area contributed by atoms with Crippen molar-refractivity contribution in [2.24, 2.45) is 0 Å². The molecule has 0 unspecified atom stereocenters. The van der Waals surface area contributed by atoms with Crippen LogP contribution < -0.4 is 4.74 Å². The number of rotatable bonds is 5. The Hall–Kier alpha value is -3.79. The summed E-state index contributed by atoms with van der Waals surface area (Å²) in [5.41, 5.74) is 2.72. The van der Waals surface area contributed by atoms with Crippen LogP contribution >= 0.6 is 0 Å². The van der Waals surface area contributed by atoms with Gasteiger partial charge < -0.3 is 19.3 Å². The van der Waals surface area contributed by atoms with Crippen LogP contribution in [0.5, 0.6) is 5.75 Å². The zero-order valence-corrected chi connectivity index (χ0v) is 19.4. The van der Waals surface area contributed by atoms with Gasteiger partial charge in [0.25, 0.3) is 5.91 Å². The van der Waals surface area contributed by atoms with Gasteiger partial charge in [0.1, 0.15) is 17.7 Å². The molecule has 0 saturated carbocycles. The third-order valence-corrected chi connectivity index (χ3v) is 6.48. The number of carbonyl (C=O) groups is 2. The summed E-state index contributed by atoms with van der Waals surface area (Å²) >= 11 is 0. The predicted octanol–water partition coefficient (Wildman–Crippen LogP) is 2.22. The molecule has 5 rings (SSSR count). The highest BCUT2D eigenvalue weighted by atomic mass is 19.1. The molecule has 0 bridgehead atoms. The number of piperazine rings is 1. The molecule has 2 aliphatic rings. The Morgan fingerprint density at radius 2 is 1.71 bits per heavy atom. The summed E-state index contributed by atoms with van der Waals surface area (Å²) in [6.07, 6.45) is 0.0214. The zero-order chi connectivity index (χ0) is 24.4. The lowest BCUT2D eigenvalue weighted by molar-refractivity contribution is -0.131. The molecule has 182 valence electrons. The molecule has 0 aliphatic carbocycles. The maximum Gasteiger partial charge on any atom is 0.276 e. The third kappa shape index (κ3) is 4.88. The molecule has 1 aromatic heterocycles. The van der Waals surface area contributed by atoms with E-state index in [-0.39, 0.29) is 36.8 Å². The highest BCUT2D eigenvalue weighted by Crippen LogP contribution is 2.28. The number of hydrogen-bond acceptors (Lipinski definition) is 6. The van der Waals surface area contributed by atoms with Crippen LogP contribution in [-0.2, 0) is 29.1 Å². The van der Waals surface area contributed by atoms with E-state index < -0.39 is 0 Å². The van der Waals surface area contributed by atoms with Gasteiger partial charge >= 0.3 is 0 Å². The lowest BCUT2D eigenvalue weighted by atomic mass is 10.1. The summed E-state index contributed by atoms with van der Waals surface area (Å²) in [5.74, 6) is 0.202. The van der Waals surface area contributed by atoms with Crippen LogP contribution in [0, 0.1) is 5.82 Å². The summed E-state index contributed by atoms with van der Waals surface area (Å²) in [6.45, 7) is 2.40. The first kappa shape index (κ1) is 23.0. The Bertz CT molecular complexity index is 1200. The number of carbonyl (C=O) groups excluding carboxylic acids is 2. The van der Waals surface area contributed by atoms with Gasteiger partial charge in [0.15, 0.2) is 5.69 Å². The largest absolute Gasteiger partial charge is 0.497 e. The first-order valence-corrected chi connectivity index (χ1v) is 11.5. The van der Waals surface area contributed by atoms with Gasteiger partial charge in [-0.25, -0.2) is 9.07 Å². The molecule has 0 N–H and O–H groups in total. The van der Waals surface area contributed by atoms with Crippen LogP contribution in [0.3, 0.4) is 0 Å². The lowest BCUT2D eigenvalue weighted by Gasteiger charge is -2.34. The van der Waals surface area contributed by atoms with Crippen molar-refractivity contribution >= 4 is 11.8 Å². The van der Waals surface area contributed by atoms with Crippen molar-refractivity contribution in [3.63, 3.8) is 0 Å². The maximum atomic E-state index is 13.2. The van der Waals surface area contributed by atoms with Gasteiger partial charge in [-0.05, 0) is 35.4 Å².